The minimum atomic E-state index is -0.982. The van der Waals surface area contributed by atoms with Crippen molar-refractivity contribution in [2.75, 3.05) is 6.54 Å². The average molecular weight is 234 g/mol. The second kappa shape index (κ2) is 6.19. The molecule has 1 aromatic carbocycles. The molecule has 0 aromatic heterocycles. The fraction of sp³-hybridized carbons (Fsp3) is 0.182. The molecule has 0 saturated heterocycles. The maximum absolute atomic E-state index is 11.5. The zero-order valence-corrected chi connectivity index (χ0v) is 8.84. The van der Waals surface area contributed by atoms with Gasteiger partial charge in [0.15, 0.2) is 0 Å². The van der Waals surface area contributed by atoms with Crippen LogP contribution in [0.4, 0.5) is 5.69 Å². The first-order valence-electron chi connectivity index (χ1n) is 4.81. The van der Waals surface area contributed by atoms with Gasteiger partial charge in [-0.05, 0) is 18.2 Å². The normalized spacial score (nSPS) is 9.18. The van der Waals surface area contributed by atoms with Gasteiger partial charge in [0, 0.05) is 12.1 Å². The van der Waals surface area contributed by atoms with Crippen LogP contribution in [0.1, 0.15) is 16.8 Å². The number of hydrogen-bond acceptors (Lipinski definition) is 4. The van der Waals surface area contributed by atoms with Crippen LogP contribution in [-0.2, 0) is 9.59 Å². The number of isocyanates is 1. The molecular formula is C11H10N2O4. The van der Waals surface area contributed by atoms with Gasteiger partial charge in [-0.15, -0.1) is 0 Å². The van der Waals surface area contributed by atoms with E-state index >= 15 is 0 Å². The molecule has 0 atom stereocenters. The molecule has 1 rings (SSSR count). The first kappa shape index (κ1) is 12.6. The molecule has 0 radical (unpaired) electrons. The van der Waals surface area contributed by atoms with E-state index in [0.29, 0.717) is 11.3 Å². The third-order valence-corrected chi connectivity index (χ3v) is 1.91. The molecule has 0 aliphatic rings. The summed E-state index contributed by atoms with van der Waals surface area (Å²) in [5.41, 5.74) is 0.637. The summed E-state index contributed by atoms with van der Waals surface area (Å²) in [7, 11) is 0. The Bertz CT molecular complexity index is 478. The Morgan fingerprint density at radius 1 is 1.41 bits per heavy atom. The van der Waals surface area contributed by atoms with Crippen molar-refractivity contribution in [1.82, 2.24) is 5.32 Å². The predicted octanol–water partition coefficient (Wildman–Crippen LogP) is 0.858. The van der Waals surface area contributed by atoms with Crippen LogP contribution in [0.15, 0.2) is 29.3 Å². The standard InChI is InChI=1S/C11H10N2O4/c14-7-13-9-3-1-2-8(6-9)11(17)12-5-4-10(15)16/h1-3,6H,4-5H2,(H,12,17)(H,15,16). The Kier molecular flexibility index (Phi) is 4.59. The maximum atomic E-state index is 11.5. The number of aliphatic carboxylic acids is 1. The van der Waals surface area contributed by atoms with Crippen LogP contribution in [0.25, 0.3) is 0 Å². The second-order valence-electron chi connectivity index (χ2n) is 3.15. The van der Waals surface area contributed by atoms with Crippen LogP contribution in [0, 0.1) is 0 Å². The Balaban J connectivity index is 2.65. The van der Waals surface area contributed by atoms with E-state index in [1.807, 2.05) is 0 Å². The van der Waals surface area contributed by atoms with Gasteiger partial charge in [0.2, 0.25) is 6.08 Å². The van der Waals surface area contributed by atoms with E-state index in [4.69, 9.17) is 5.11 Å². The number of aliphatic imine (C=N–C) groups is 1. The summed E-state index contributed by atoms with van der Waals surface area (Å²) >= 11 is 0. The Morgan fingerprint density at radius 2 is 2.18 bits per heavy atom. The molecule has 6 heteroatoms. The lowest BCUT2D eigenvalue weighted by Gasteiger charge is -2.03. The topological polar surface area (TPSA) is 95.8 Å². The van der Waals surface area contributed by atoms with Gasteiger partial charge in [-0.1, -0.05) is 6.07 Å². The molecule has 88 valence electrons. The smallest absolute Gasteiger partial charge is 0.305 e. The van der Waals surface area contributed by atoms with Gasteiger partial charge in [0.05, 0.1) is 12.1 Å². The minimum absolute atomic E-state index is 0.0509. The highest BCUT2D eigenvalue weighted by atomic mass is 16.4. The number of carboxylic acid groups (broad SMARTS) is 1. The van der Waals surface area contributed by atoms with Gasteiger partial charge in [-0.2, -0.15) is 4.99 Å². The van der Waals surface area contributed by atoms with Crippen LogP contribution in [0.5, 0.6) is 0 Å². The number of carbonyl (C=O) groups excluding carboxylic acids is 2. The van der Waals surface area contributed by atoms with Crippen molar-refractivity contribution in [2.45, 2.75) is 6.42 Å². The number of carbonyl (C=O) groups is 2. The molecule has 1 aromatic rings. The van der Waals surface area contributed by atoms with Gasteiger partial charge in [-0.25, -0.2) is 4.79 Å². The molecule has 0 unspecified atom stereocenters. The summed E-state index contributed by atoms with van der Waals surface area (Å²) in [5.74, 6) is -1.39. The van der Waals surface area contributed by atoms with E-state index in [9.17, 15) is 14.4 Å². The van der Waals surface area contributed by atoms with E-state index in [1.54, 1.807) is 18.2 Å². The van der Waals surface area contributed by atoms with E-state index in [2.05, 4.69) is 10.3 Å². The molecular weight excluding hydrogens is 224 g/mol. The minimum Gasteiger partial charge on any atom is -0.481 e. The zero-order valence-electron chi connectivity index (χ0n) is 8.84. The summed E-state index contributed by atoms with van der Waals surface area (Å²) in [5, 5.41) is 10.8. The molecule has 0 aliphatic heterocycles. The third kappa shape index (κ3) is 4.27. The Hall–Kier alpha value is -2.46. The quantitative estimate of drug-likeness (QED) is 0.583. The number of amides is 1. The van der Waals surface area contributed by atoms with Gasteiger partial charge in [0.1, 0.15) is 0 Å². The zero-order chi connectivity index (χ0) is 12.7. The van der Waals surface area contributed by atoms with Crippen molar-refractivity contribution < 1.29 is 19.5 Å². The van der Waals surface area contributed by atoms with Crippen molar-refractivity contribution in [1.29, 1.82) is 0 Å². The number of benzene rings is 1. The molecule has 0 aliphatic carbocycles. The fourth-order valence-electron chi connectivity index (χ4n) is 1.15. The van der Waals surface area contributed by atoms with Crippen molar-refractivity contribution in [3.05, 3.63) is 29.8 Å². The average Bonchev–Trinajstić information content (AvgIpc) is 2.29. The highest BCUT2D eigenvalue weighted by molar-refractivity contribution is 5.95. The SMILES string of the molecule is O=C=Nc1cccc(C(=O)NCCC(=O)O)c1. The number of hydrogen-bond donors (Lipinski definition) is 2. The predicted molar refractivity (Wildman–Crippen MR) is 58.8 cm³/mol. The Labute approximate surface area is 97.0 Å². The van der Waals surface area contributed by atoms with Crippen LogP contribution in [0.2, 0.25) is 0 Å². The fourth-order valence-corrected chi connectivity index (χ4v) is 1.15. The first-order valence-corrected chi connectivity index (χ1v) is 4.81. The maximum Gasteiger partial charge on any atom is 0.305 e. The number of nitrogens with zero attached hydrogens (tertiary/aromatic N) is 1. The first-order chi connectivity index (χ1) is 8.13. The second-order valence-corrected chi connectivity index (χ2v) is 3.15. The van der Waals surface area contributed by atoms with Gasteiger partial charge in [-0.3, -0.25) is 9.59 Å². The molecule has 0 saturated carbocycles. The summed E-state index contributed by atoms with van der Waals surface area (Å²) in [6, 6.07) is 6.09. The molecule has 1 amide bonds. The number of nitrogens with one attached hydrogen (secondary N) is 1. The molecule has 0 heterocycles. The Morgan fingerprint density at radius 3 is 2.82 bits per heavy atom. The van der Waals surface area contributed by atoms with E-state index in [0.717, 1.165) is 0 Å². The summed E-state index contributed by atoms with van der Waals surface area (Å²) in [6.07, 6.45) is 1.23. The van der Waals surface area contributed by atoms with Crippen molar-refractivity contribution in [3.8, 4) is 0 Å². The third-order valence-electron chi connectivity index (χ3n) is 1.91. The molecule has 0 spiro atoms. The molecule has 0 fully saturated rings. The number of carboxylic acids is 1. The van der Waals surface area contributed by atoms with E-state index < -0.39 is 11.9 Å². The van der Waals surface area contributed by atoms with Gasteiger partial charge < -0.3 is 10.4 Å². The van der Waals surface area contributed by atoms with Crippen molar-refractivity contribution >= 4 is 23.6 Å². The van der Waals surface area contributed by atoms with Crippen molar-refractivity contribution in [2.24, 2.45) is 4.99 Å². The van der Waals surface area contributed by atoms with Crippen LogP contribution in [0.3, 0.4) is 0 Å². The lowest BCUT2D eigenvalue weighted by molar-refractivity contribution is -0.136. The molecule has 0 bridgehead atoms. The molecule has 2 N–H and O–H groups in total. The van der Waals surface area contributed by atoms with Gasteiger partial charge in [0.25, 0.3) is 5.91 Å². The number of rotatable bonds is 5. The largest absolute Gasteiger partial charge is 0.481 e. The summed E-state index contributed by atoms with van der Waals surface area (Å²) in [4.78, 5) is 35.2. The van der Waals surface area contributed by atoms with Crippen LogP contribution < -0.4 is 5.32 Å². The van der Waals surface area contributed by atoms with Crippen LogP contribution in [-0.4, -0.2) is 29.6 Å². The summed E-state index contributed by atoms with van der Waals surface area (Å²) in [6.45, 7) is 0.0509. The van der Waals surface area contributed by atoms with E-state index in [-0.39, 0.29) is 13.0 Å². The summed E-state index contributed by atoms with van der Waals surface area (Å²) < 4.78 is 0. The van der Waals surface area contributed by atoms with Crippen LogP contribution >= 0.6 is 0 Å². The van der Waals surface area contributed by atoms with E-state index in [1.165, 1.54) is 12.1 Å². The lowest BCUT2D eigenvalue weighted by Crippen LogP contribution is -2.25. The highest BCUT2D eigenvalue weighted by Crippen LogP contribution is 2.12. The molecule has 6 nitrogen and oxygen atoms in total. The lowest BCUT2D eigenvalue weighted by atomic mass is 10.2. The molecule has 17 heavy (non-hydrogen) atoms. The van der Waals surface area contributed by atoms with Crippen molar-refractivity contribution in [3.63, 3.8) is 0 Å². The van der Waals surface area contributed by atoms with Gasteiger partial charge >= 0.3 is 5.97 Å². The monoisotopic (exact) mass is 234 g/mol. The highest BCUT2D eigenvalue weighted by Gasteiger charge is 2.06.